The van der Waals surface area contributed by atoms with Crippen molar-refractivity contribution in [2.45, 2.75) is 37.8 Å². The first-order chi connectivity index (χ1) is 6.70. The second kappa shape index (κ2) is 3.61. The lowest BCUT2D eigenvalue weighted by molar-refractivity contribution is 0.299. The minimum absolute atomic E-state index is 0.0485. The molecular formula is C10H17N3O. The fourth-order valence-electron chi connectivity index (χ4n) is 2.22. The van der Waals surface area contributed by atoms with Crippen molar-refractivity contribution < 1.29 is 0 Å². The van der Waals surface area contributed by atoms with Gasteiger partial charge >= 0.3 is 5.69 Å². The predicted octanol–water partition coefficient (Wildman–Crippen LogP) is 0.629. The Labute approximate surface area is 83.3 Å². The normalized spacial score (nSPS) is 27.9. The van der Waals surface area contributed by atoms with Crippen LogP contribution in [0.4, 0.5) is 0 Å². The summed E-state index contributed by atoms with van der Waals surface area (Å²) < 4.78 is 3.38. The van der Waals surface area contributed by atoms with Gasteiger partial charge in [0, 0.05) is 25.5 Å². The maximum Gasteiger partial charge on any atom is 0.328 e. The predicted molar refractivity (Wildman–Crippen MR) is 55.2 cm³/mol. The molecule has 14 heavy (non-hydrogen) atoms. The Hall–Kier alpha value is -1.03. The number of aryl methyl sites for hydroxylation is 1. The quantitative estimate of drug-likeness (QED) is 0.714. The molecule has 4 nitrogen and oxygen atoms in total. The van der Waals surface area contributed by atoms with Crippen LogP contribution in [0.15, 0.2) is 17.2 Å². The fraction of sp³-hybridized carbons (Fsp3) is 0.700. The van der Waals surface area contributed by atoms with E-state index in [-0.39, 0.29) is 17.8 Å². The van der Waals surface area contributed by atoms with E-state index in [0.717, 1.165) is 12.8 Å². The molecule has 1 heterocycles. The van der Waals surface area contributed by atoms with E-state index in [1.165, 1.54) is 12.8 Å². The molecule has 78 valence electrons. The van der Waals surface area contributed by atoms with Gasteiger partial charge in [0.15, 0.2) is 0 Å². The summed E-state index contributed by atoms with van der Waals surface area (Å²) >= 11 is 0. The average molecular weight is 195 g/mol. The monoisotopic (exact) mass is 195 g/mol. The zero-order valence-corrected chi connectivity index (χ0v) is 8.52. The maximum atomic E-state index is 11.7. The van der Waals surface area contributed by atoms with E-state index < -0.39 is 0 Å². The van der Waals surface area contributed by atoms with Gasteiger partial charge in [-0.2, -0.15) is 0 Å². The van der Waals surface area contributed by atoms with Gasteiger partial charge in [-0.1, -0.05) is 12.8 Å². The first-order valence-corrected chi connectivity index (χ1v) is 5.19. The van der Waals surface area contributed by atoms with Crippen molar-refractivity contribution in [2.75, 3.05) is 0 Å². The topological polar surface area (TPSA) is 52.9 Å². The number of imidazole rings is 1. The Morgan fingerprint density at radius 2 is 2.07 bits per heavy atom. The zero-order chi connectivity index (χ0) is 10.1. The van der Waals surface area contributed by atoms with Crippen LogP contribution < -0.4 is 11.4 Å². The van der Waals surface area contributed by atoms with E-state index in [2.05, 4.69) is 0 Å². The lowest BCUT2D eigenvalue weighted by atomic mass is 9.91. The molecule has 0 saturated heterocycles. The third-order valence-electron chi connectivity index (χ3n) is 3.11. The Morgan fingerprint density at radius 1 is 1.36 bits per heavy atom. The van der Waals surface area contributed by atoms with Gasteiger partial charge in [-0.3, -0.25) is 4.57 Å². The smallest absolute Gasteiger partial charge is 0.326 e. The van der Waals surface area contributed by atoms with Gasteiger partial charge in [0.2, 0.25) is 0 Å². The van der Waals surface area contributed by atoms with Gasteiger partial charge < -0.3 is 10.3 Å². The Kier molecular flexibility index (Phi) is 2.46. The molecule has 2 rings (SSSR count). The highest BCUT2D eigenvalue weighted by atomic mass is 16.1. The van der Waals surface area contributed by atoms with Crippen LogP contribution in [0.5, 0.6) is 0 Å². The van der Waals surface area contributed by atoms with Crippen LogP contribution in [0.3, 0.4) is 0 Å². The third-order valence-corrected chi connectivity index (χ3v) is 3.11. The molecule has 1 fully saturated rings. The van der Waals surface area contributed by atoms with Crippen LogP contribution in [0.2, 0.25) is 0 Å². The zero-order valence-electron chi connectivity index (χ0n) is 8.52. The van der Waals surface area contributed by atoms with Gasteiger partial charge in [-0.15, -0.1) is 0 Å². The summed E-state index contributed by atoms with van der Waals surface area (Å²) in [7, 11) is 1.77. The van der Waals surface area contributed by atoms with E-state index in [0.29, 0.717) is 0 Å². The van der Waals surface area contributed by atoms with Crippen LogP contribution in [-0.4, -0.2) is 15.2 Å². The molecule has 1 aromatic rings. The summed E-state index contributed by atoms with van der Waals surface area (Å²) in [6.45, 7) is 0. The lowest BCUT2D eigenvalue weighted by Gasteiger charge is -2.28. The molecule has 1 aliphatic rings. The number of hydrogen-bond acceptors (Lipinski definition) is 2. The van der Waals surface area contributed by atoms with Gasteiger partial charge in [-0.05, 0) is 12.8 Å². The summed E-state index contributed by atoms with van der Waals surface area (Å²) in [5, 5.41) is 0. The van der Waals surface area contributed by atoms with Crippen LogP contribution in [-0.2, 0) is 7.05 Å². The standard InChI is InChI=1S/C10H17N3O/c1-12-6-7-13(10(12)14)9-5-3-2-4-8(9)11/h6-9H,2-5,11H2,1H3. The maximum absolute atomic E-state index is 11.7. The number of nitrogens with zero attached hydrogens (tertiary/aromatic N) is 2. The van der Waals surface area contributed by atoms with Crippen molar-refractivity contribution in [3.63, 3.8) is 0 Å². The summed E-state index contributed by atoms with van der Waals surface area (Å²) in [6.07, 6.45) is 8.08. The minimum Gasteiger partial charge on any atom is -0.326 e. The highest BCUT2D eigenvalue weighted by molar-refractivity contribution is 4.90. The molecule has 2 N–H and O–H groups in total. The SMILES string of the molecule is Cn1ccn(C2CCCCC2N)c1=O. The molecule has 4 heteroatoms. The van der Waals surface area contributed by atoms with Crippen LogP contribution in [0.1, 0.15) is 31.7 Å². The van der Waals surface area contributed by atoms with Gasteiger partial charge in [-0.25, -0.2) is 4.79 Å². The van der Waals surface area contributed by atoms with Crippen molar-refractivity contribution in [1.82, 2.24) is 9.13 Å². The highest BCUT2D eigenvalue weighted by Crippen LogP contribution is 2.25. The van der Waals surface area contributed by atoms with Crippen LogP contribution >= 0.6 is 0 Å². The molecule has 0 amide bonds. The molecular weight excluding hydrogens is 178 g/mol. The van der Waals surface area contributed by atoms with E-state index in [1.54, 1.807) is 22.4 Å². The first-order valence-electron chi connectivity index (χ1n) is 5.19. The molecule has 0 radical (unpaired) electrons. The van der Waals surface area contributed by atoms with E-state index in [4.69, 9.17) is 5.73 Å². The molecule has 1 aliphatic carbocycles. The number of nitrogens with two attached hydrogens (primary N) is 1. The molecule has 0 aromatic carbocycles. The first kappa shape index (κ1) is 9.52. The van der Waals surface area contributed by atoms with Gasteiger partial charge in [0.05, 0.1) is 6.04 Å². The van der Waals surface area contributed by atoms with Crippen molar-refractivity contribution >= 4 is 0 Å². The molecule has 0 aliphatic heterocycles. The Balaban J connectivity index is 2.29. The minimum atomic E-state index is 0.0485. The second-order valence-corrected chi connectivity index (χ2v) is 4.11. The fourth-order valence-corrected chi connectivity index (χ4v) is 2.22. The van der Waals surface area contributed by atoms with Crippen molar-refractivity contribution in [1.29, 1.82) is 0 Å². The van der Waals surface area contributed by atoms with E-state index in [9.17, 15) is 4.79 Å². The summed E-state index contributed by atoms with van der Waals surface area (Å²) in [4.78, 5) is 11.7. The Bertz CT molecular complexity index is 366. The van der Waals surface area contributed by atoms with Gasteiger partial charge in [0.25, 0.3) is 0 Å². The molecule has 0 spiro atoms. The van der Waals surface area contributed by atoms with E-state index >= 15 is 0 Å². The largest absolute Gasteiger partial charge is 0.328 e. The second-order valence-electron chi connectivity index (χ2n) is 4.11. The molecule has 2 atom stereocenters. The summed E-state index contributed by atoms with van der Waals surface area (Å²) in [5.41, 5.74) is 6.07. The van der Waals surface area contributed by atoms with E-state index in [1.807, 2.05) is 6.20 Å². The van der Waals surface area contributed by atoms with Crippen LogP contribution in [0.25, 0.3) is 0 Å². The van der Waals surface area contributed by atoms with Crippen molar-refractivity contribution in [2.24, 2.45) is 12.8 Å². The number of aromatic nitrogens is 2. The number of rotatable bonds is 1. The highest BCUT2D eigenvalue weighted by Gasteiger charge is 2.24. The van der Waals surface area contributed by atoms with Crippen molar-refractivity contribution in [3.8, 4) is 0 Å². The number of hydrogen-bond donors (Lipinski definition) is 1. The Morgan fingerprint density at radius 3 is 2.64 bits per heavy atom. The molecule has 2 unspecified atom stereocenters. The molecule has 1 aromatic heterocycles. The van der Waals surface area contributed by atoms with Gasteiger partial charge in [0.1, 0.15) is 0 Å². The van der Waals surface area contributed by atoms with Crippen LogP contribution in [0, 0.1) is 0 Å². The lowest BCUT2D eigenvalue weighted by Crippen LogP contribution is -2.39. The third kappa shape index (κ3) is 1.50. The summed E-state index contributed by atoms with van der Waals surface area (Å²) in [6, 6.07) is 0.348. The van der Waals surface area contributed by atoms with Crippen molar-refractivity contribution in [3.05, 3.63) is 22.9 Å². The molecule has 1 saturated carbocycles. The summed E-state index contributed by atoms with van der Waals surface area (Å²) in [5.74, 6) is 0. The molecule has 0 bridgehead atoms. The average Bonchev–Trinajstić information content (AvgIpc) is 2.49.